The van der Waals surface area contributed by atoms with Gasteiger partial charge in [-0.05, 0) is 48.3 Å². The second kappa shape index (κ2) is 7.18. The molecule has 0 spiro atoms. The summed E-state index contributed by atoms with van der Waals surface area (Å²) in [5.41, 5.74) is 1.50. The Kier molecular flexibility index (Phi) is 4.91. The topological polar surface area (TPSA) is 41.6 Å². The summed E-state index contributed by atoms with van der Waals surface area (Å²) in [6.07, 6.45) is 6.86. The molecule has 4 rings (SSSR count). The van der Waals surface area contributed by atoms with E-state index >= 15 is 0 Å². The molecule has 1 N–H and O–H groups in total. The number of nitrogens with one attached hydrogen (secondary N) is 1. The molecule has 0 radical (unpaired) electrons. The molecule has 3 aliphatic rings. The van der Waals surface area contributed by atoms with Gasteiger partial charge in [-0.1, -0.05) is 26.2 Å². The van der Waals surface area contributed by atoms with Crippen molar-refractivity contribution in [2.75, 3.05) is 36.5 Å². The first-order valence-electron chi connectivity index (χ1n) is 9.97. The number of carbonyl (C=O) groups is 1. The molecule has 1 aromatic rings. The SMILES string of the molecule is CC1(C(CC(=O)Nc2ccc(N3CCOCC3)c(F)c2)C2CCC2)CC1. The summed E-state index contributed by atoms with van der Waals surface area (Å²) in [4.78, 5) is 14.6. The smallest absolute Gasteiger partial charge is 0.224 e. The maximum Gasteiger partial charge on any atom is 0.224 e. The zero-order valence-electron chi connectivity index (χ0n) is 15.6. The van der Waals surface area contributed by atoms with Crippen LogP contribution in [0.3, 0.4) is 0 Å². The normalized spacial score (nSPS) is 23.2. The first-order chi connectivity index (χ1) is 12.5. The van der Waals surface area contributed by atoms with Crippen molar-refractivity contribution in [3.63, 3.8) is 0 Å². The summed E-state index contributed by atoms with van der Waals surface area (Å²) in [6.45, 7) is 4.97. The minimum absolute atomic E-state index is 0.0218. The highest BCUT2D eigenvalue weighted by molar-refractivity contribution is 5.91. The van der Waals surface area contributed by atoms with Crippen LogP contribution in [-0.2, 0) is 9.53 Å². The molecule has 2 aliphatic carbocycles. The lowest BCUT2D eigenvalue weighted by molar-refractivity contribution is -0.118. The van der Waals surface area contributed by atoms with E-state index in [0.29, 0.717) is 61.3 Å². The fourth-order valence-corrected chi connectivity index (χ4v) is 4.45. The minimum atomic E-state index is -0.283. The predicted molar refractivity (Wildman–Crippen MR) is 101 cm³/mol. The van der Waals surface area contributed by atoms with Crippen molar-refractivity contribution in [2.24, 2.45) is 17.3 Å². The van der Waals surface area contributed by atoms with E-state index in [0.717, 1.165) is 0 Å². The summed E-state index contributed by atoms with van der Waals surface area (Å²) in [7, 11) is 0. The lowest BCUT2D eigenvalue weighted by Crippen LogP contribution is -2.36. The van der Waals surface area contributed by atoms with Crippen LogP contribution in [0.5, 0.6) is 0 Å². The van der Waals surface area contributed by atoms with Crippen LogP contribution in [0, 0.1) is 23.1 Å². The number of hydrogen-bond donors (Lipinski definition) is 1. The Morgan fingerprint density at radius 1 is 1.35 bits per heavy atom. The van der Waals surface area contributed by atoms with E-state index in [9.17, 15) is 9.18 Å². The third-order valence-corrected chi connectivity index (χ3v) is 6.64. The molecule has 4 nitrogen and oxygen atoms in total. The second-order valence-electron chi connectivity index (χ2n) is 8.47. The molecule has 1 amide bonds. The molecule has 3 fully saturated rings. The summed E-state index contributed by atoms with van der Waals surface area (Å²) in [5, 5.41) is 2.92. The maximum absolute atomic E-state index is 14.5. The molecule has 0 aromatic heterocycles. The van der Waals surface area contributed by atoms with Gasteiger partial charge >= 0.3 is 0 Å². The molecule has 1 aromatic carbocycles. The molecular weight excluding hydrogens is 331 g/mol. The van der Waals surface area contributed by atoms with Crippen molar-refractivity contribution < 1.29 is 13.9 Å². The monoisotopic (exact) mass is 360 g/mol. The maximum atomic E-state index is 14.5. The molecule has 1 atom stereocenters. The number of benzene rings is 1. The summed E-state index contributed by atoms with van der Waals surface area (Å²) in [5.74, 6) is 0.922. The van der Waals surface area contributed by atoms with Gasteiger partial charge in [0.05, 0.1) is 18.9 Å². The van der Waals surface area contributed by atoms with Gasteiger partial charge in [-0.25, -0.2) is 4.39 Å². The number of rotatable bonds is 6. The number of ether oxygens (including phenoxy) is 1. The Hall–Kier alpha value is -1.62. The zero-order valence-corrected chi connectivity index (χ0v) is 15.6. The fourth-order valence-electron chi connectivity index (χ4n) is 4.45. The van der Waals surface area contributed by atoms with E-state index < -0.39 is 0 Å². The molecule has 26 heavy (non-hydrogen) atoms. The Labute approximate surface area is 155 Å². The first-order valence-corrected chi connectivity index (χ1v) is 9.97. The number of morpholine rings is 1. The van der Waals surface area contributed by atoms with Gasteiger partial charge in [0.15, 0.2) is 0 Å². The van der Waals surface area contributed by atoms with Crippen molar-refractivity contribution in [3.8, 4) is 0 Å². The van der Waals surface area contributed by atoms with E-state index in [1.807, 2.05) is 11.0 Å². The van der Waals surface area contributed by atoms with Gasteiger partial charge in [-0.3, -0.25) is 4.79 Å². The van der Waals surface area contributed by atoms with Crippen molar-refractivity contribution >= 4 is 17.3 Å². The van der Waals surface area contributed by atoms with Crippen LogP contribution in [0.4, 0.5) is 15.8 Å². The number of halogens is 1. The number of anilines is 2. The van der Waals surface area contributed by atoms with Crippen molar-refractivity contribution in [1.82, 2.24) is 0 Å². The first kappa shape index (κ1) is 17.8. The van der Waals surface area contributed by atoms with Crippen LogP contribution in [0.25, 0.3) is 0 Å². The van der Waals surface area contributed by atoms with Crippen molar-refractivity contribution in [1.29, 1.82) is 0 Å². The van der Waals surface area contributed by atoms with Crippen molar-refractivity contribution in [2.45, 2.75) is 45.4 Å². The number of carbonyl (C=O) groups excluding carboxylic acids is 1. The Morgan fingerprint density at radius 2 is 2.08 bits per heavy atom. The summed E-state index contributed by atoms with van der Waals surface area (Å²) >= 11 is 0. The van der Waals surface area contributed by atoms with Gasteiger partial charge in [-0.15, -0.1) is 0 Å². The van der Waals surface area contributed by atoms with Gasteiger partial charge < -0.3 is 15.0 Å². The molecule has 1 saturated heterocycles. The highest BCUT2D eigenvalue weighted by Gasteiger charge is 2.49. The van der Waals surface area contributed by atoms with Crippen LogP contribution in [-0.4, -0.2) is 32.2 Å². The molecule has 1 aliphatic heterocycles. The van der Waals surface area contributed by atoms with Gasteiger partial charge in [0.25, 0.3) is 0 Å². The molecule has 0 bridgehead atoms. The Morgan fingerprint density at radius 3 is 2.65 bits per heavy atom. The van der Waals surface area contributed by atoms with Gasteiger partial charge in [0.1, 0.15) is 5.82 Å². The van der Waals surface area contributed by atoms with Gasteiger partial charge in [0.2, 0.25) is 5.91 Å². The van der Waals surface area contributed by atoms with E-state index in [1.165, 1.54) is 38.2 Å². The van der Waals surface area contributed by atoms with Crippen LogP contribution in [0.2, 0.25) is 0 Å². The molecule has 1 unspecified atom stereocenters. The molecule has 5 heteroatoms. The predicted octanol–water partition coefficient (Wildman–Crippen LogP) is 4.21. The highest BCUT2D eigenvalue weighted by Crippen LogP contribution is 2.58. The van der Waals surface area contributed by atoms with Crippen LogP contribution < -0.4 is 10.2 Å². The third kappa shape index (κ3) is 3.73. The van der Waals surface area contributed by atoms with Gasteiger partial charge in [-0.2, -0.15) is 0 Å². The average molecular weight is 360 g/mol. The van der Waals surface area contributed by atoms with Crippen LogP contribution in [0.1, 0.15) is 45.4 Å². The lowest BCUT2D eigenvalue weighted by Gasteiger charge is -2.37. The molecule has 2 saturated carbocycles. The quantitative estimate of drug-likeness (QED) is 0.826. The standard InChI is InChI=1S/C21H29FN2O2/c1-21(7-8-21)17(15-3-2-4-15)14-20(25)23-16-5-6-19(18(22)13-16)24-9-11-26-12-10-24/h5-6,13,15,17H,2-4,7-12,14H2,1H3,(H,23,25). The molecule has 1 heterocycles. The fraction of sp³-hybridized carbons (Fsp3) is 0.667. The zero-order chi connectivity index (χ0) is 18.1. The van der Waals surface area contributed by atoms with E-state index in [2.05, 4.69) is 12.2 Å². The Bertz CT molecular complexity index is 664. The number of hydrogen-bond acceptors (Lipinski definition) is 3. The van der Waals surface area contributed by atoms with Crippen LogP contribution in [0.15, 0.2) is 18.2 Å². The van der Waals surface area contributed by atoms with Gasteiger partial charge in [0, 0.05) is 25.2 Å². The summed E-state index contributed by atoms with van der Waals surface area (Å²) in [6, 6.07) is 5.02. The second-order valence-corrected chi connectivity index (χ2v) is 8.47. The Balaban J connectivity index is 1.38. The average Bonchev–Trinajstić information content (AvgIpc) is 3.32. The van der Waals surface area contributed by atoms with Crippen LogP contribution >= 0.6 is 0 Å². The largest absolute Gasteiger partial charge is 0.378 e. The minimum Gasteiger partial charge on any atom is -0.378 e. The lowest BCUT2D eigenvalue weighted by atomic mass is 9.68. The number of nitrogens with zero attached hydrogens (tertiary/aromatic N) is 1. The highest BCUT2D eigenvalue weighted by atomic mass is 19.1. The van der Waals surface area contributed by atoms with E-state index in [4.69, 9.17) is 4.74 Å². The molecular formula is C21H29FN2O2. The molecule has 142 valence electrons. The summed E-state index contributed by atoms with van der Waals surface area (Å²) < 4.78 is 19.8. The third-order valence-electron chi connectivity index (χ3n) is 6.64. The van der Waals surface area contributed by atoms with E-state index in [1.54, 1.807) is 6.07 Å². The van der Waals surface area contributed by atoms with E-state index in [-0.39, 0.29) is 11.7 Å². The van der Waals surface area contributed by atoms with Crippen molar-refractivity contribution in [3.05, 3.63) is 24.0 Å². The number of amides is 1.